The van der Waals surface area contributed by atoms with Gasteiger partial charge in [-0.2, -0.15) is 0 Å². The Morgan fingerprint density at radius 3 is 1.80 bits per heavy atom. The van der Waals surface area contributed by atoms with Crippen LogP contribution in [0.25, 0.3) is 0 Å². The molecule has 0 aromatic carbocycles. The number of nitrogens with one attached hydrogen (secondary N) is 3. The molecule has 0 aliphatic rings. The summed E-state index contributed by atoms with van der Waals surface area (Å²) in [4.78, 5) is 54.2. The van der Waals surface area contributed by atoms with Gasteiger partial charge in [0.2, 0.25) is 23.6 Å². The lowest BCUT2D eigenvalue weighted by molar-refractivity contribution is -0.134. The molecule has 0 rings (SSSR count). The number of nitrogens with zero attached hydrogens (tertiary/aromatic N) is 1. The summed E-state index contributed by atoms with van der Waals surface area (Å²) >= 11 is 0. The molecule has 0 unspecified atom stereocenters. The minimum absolute atomic E-state index is 0.0809. The van der Waals surface area contributed by atoms with Gasteiger partial charge in [0.15, 0.2) is 5.96 Å². The molecule has 0 radical (unpaired) electrons. The first-order chi connectivity index (χ1) is 16.3. The van der Waals surface area contributed by atoms with Crippen molar-refractivity contribution >= 4 is 29.6 Å². The Hall–Kier alpha value is -2.93. The molecule has 0 aromatic rings. The van der Waals surface area contributed by atoms with Gasteiger partial charge in [-0.15, -0.1) is 0 Å². The number of carbonyl (C=O) groups excluding carboxylic acids is 4. The molecule has 0 saturated carbocycles. The maximum atomic E-state index is 13.1. The van der Waals surface area contributed by atoms with Crippen LogP contribution in [0.5, 0.6) is 0 Å². The zero-order chi connectivity index (χ0) is 27.1. The number of primary amides is 1. The maximum Gasteiger partial charge on any atom is 0.243 e. The SMILES string of the molecule is CC(C)[C@@H](NC(=O)[C@H](NC(=O)[C@@H](CCCN=C(N)N)NC(=O)[C@H](N)CCCCN)C(C)C)C(N)=O. The third-order valence-electron chi connectivity index (χ3n) is 5.40. The second-order valence-electron chi connectivity index (χ2n) is 9.26. The Morgan fingerprint density at radius 1 is 0.743 bits per heavy atom. The first kappa shape index (κ1) is 32.1. The Labute approximate surface area is 207 Å². The number of hydrogen-bond acceptors (Lipinski definition) is 7. The average molecular weight is 500 g/mol. The highest BCUT2D eigenvalue weighted by Gasteiger charge is 2.32. The van der Waals surface area contributed by atoms with E-state index in [1.54, 1.807) is 27.7 Å². The van der Waals surface area contributed by atoms with E-state index in [0.29, 0.717) is 25.8 Å². The summed E-state index contributed by atoms with van der Waals surface area (Å²) in [5, 5.41) is 7.96. The van der Waals surface area contributed by atoms with Crippen molar-refractivity contribution in [2.75, 3.05) is 13.1 Å². The number of aliphatic imine (C=N–C) groups is 1. The van der Waals surface area contributed by atoms with Gasteiger partial charge in [-0.05, 0) is 44.1 Å². The molecule has 0 bridgehead atoms. The normalized spacial score (nSPS) is 14.5. The van der Waals surface area contributed by atoms with Crippen LogP contribution in [0.4, 0.5) is 0 Å². The third-order valence-corrected chi connectivity index (χ3v) is 5.40. The van der Waals surface area contributed by atoms with E-state index in [9.17, 15) is 19.2 Å². The molecular weight excluding hydrogens is 454 g/mol. The molecule has 4 atom stereocenters. The summed E-state index contributed by atoms with van der Waals surface area (Å²) in [7, 11) is 0. The summed E-state index contributed by atoms with van der Waals surface area (Å²) < 4.78 is 0. The summed E-state index contributed by atoms with van der Waals surface area (Å²) in [5.74, 6) is -2.89. The Bertz CT molecular complexity index is 724. The second kappa shape index (κ2) is 16.7. The van der Waals surface area contributed by atoms with Crippen molar-refractivity contribution < 1.29 is 19.2 Å². The molecule has 0 aliphatic carbocycles. The van der Waals surface area contributed by atoms with E-state index in [-0.39, 0.29) is 30.8 Å². The molecule has 35 heavy (non-hydrogen) atoms. The van der Waals surface area contributed by atoms with Gasteiger partial charge in [0.1, 0.15) is 18.1 Å². The van der Waals surface area contributed by atoms with Crippen molar-refractivity contribution in [2.45, 2.75) is 84.0 Å². The fourth-order valence-corrected chi connectivity index (χ4v) is 3.29. The van der Waals surface area contributed by atoms with Crippen molar-refractivity contribution in [3.05, 3.63) is 0 Å². The lowest BCUT2D eigenvalue weighted by Gasteiger charge is -2.28. The highest BCUT2D eigenvalue weighted by atomic mass is 16.2. The molecule has 0 heterocycles. The fraction of sp³-hybridized carbons (Fsp3) is 0.773. The first-order valence-corrected chi connectivity index (χ1v) is 12.0. The van der Waals surface area contributed by atoms with Gasteiger partial charge in [0, 0.05) is 6.54 Å². The van der Waals surface area contributed by atoms with Crippen molar-refractivity contribution in [3.8, 4) is 0 Å². The summed E-state index contributed by atoms with van der Waals surface area (Å²) in [5.41, 5.74) is 27.5. The molecule has 4 amide bonds. The minimum atomic E-state index is -0.969. The molecule has 0 aliphatic heterocycles. The average Bonchev–Trinajstić information content (AvgIpc) is 2.76. The molecular formula is C22H45N9O4. The van der Waals surface area contributed by atoms with Crippen LogP contribution in [-0.2, 0) is 19.2 Å². The Morgan fingerprint density at radius 2 is 1.31 bits per heavy atom. The van der Waals surface area contributed by atoms with Crippen LogP contribution in [0.2, 0.25) is 0 Å². The first-order valence-electron chi connectivity index (χ1n) is 12.0. The Balaban J connectivity index is 5.47. The summed E-state index contributed by atoms with van der Waals surface area (Å²) in [6.45, 7) is 7.75. The Kier molecular flexibility index (Phi) is 15.3. The van der Waals surface area contributed by atoms with E-state index in [1.165, 1.54) is 0 Å². The van der Waals surface area contributed by atoms with Crippen molar-refractivity contribution in [1.29, 1.82) is 0 Å². The van der Waals surface area contributed by atoms with Gasteiger partial charge < -0.3 is 44.6 Å². The molecule has 13 heteroatoms. The van der Waals surface area contributed by atoms with Crippen molar-refractivity contribution in [3.63, 3.8) is 0 Å². The maximum absolute atomic E-state index is 13.1. The predicted octanol–water partition coefficient (Wildman–Crippen LogP) is -2.25. The van der Waals surface area contributed by atoms with Crippen molar-refractivity contribution in [2.24, 2.45) is 45.5 Å². The highest BCUT2D eigenvalue weighted by molar-refractivity contribution is 5.94. The number of carbonyl (C=O) groups is 4. The van der Waals surface area contributed by atoms with E-state index >= 15 is 0 Å². The quantitative estimate of drug-likeness (QED) is 0.0615. The van der Waals surface area contributed by atoms with E-state index in [4.69, 9.17) is 28.7 Å². The van der Waals surface area contributed by atoms with E-state index in [1.807, 2.05) is 0 Å². The largest absolute Gasteiger partial charge is 0.370 e. The van der Waals surface area contributed by atoms with Crippen LogP contribution in [0.15, 0.2) is 4.99 Å². The zero-order valence-electron chi connectivity index (χ0n) is 21.4. The third kappa shape index (κ3) is 12.9. The molecule has 0 spiro atoms. The molecule has 13 N–H and O–H groups in total. The second-order valence-corrected chi connectivity index (χ2v) is 9.26. The molecule has 0 saturated heterocycles. The van der Waals surface area contributed by atoms with Gasteiger partial charge in [-0.3, -0.25) is 24.2 Å². The summed E-state index contributed by atoms with van der Waals surface area (Å²) in [6.07, 6.45) is 2.45. The van der Waals surface area contributed by atoms with Gasteiger partial charge in [0.25, 0.3) is 0 Å². The summed E-state index contributed by atoms with van der Waals surface area (Å²) in [6, 6.07) is -3.62. The molecule has 202 valence electrons. The van der Waals surface area contributed by atoms with E-state index in [0.717, 1.165) is 6.42 Å². The monoisotopic (exact) mass is 499 g/mol. The van der Waals surface area contributed by atoms with Crippen molar-refractivity contribution in [1.82, 2.24) is 16.0 Å². The van der Waals surface area contributed by atoms with Crippen LogP contribution in [0.3, 0.4) is 0 Å². The van der Waals surface area contributed by atoms with Gasteiger partial charge in [-0.25, -0.2) is 0 Å². The smallest absolute Gasteiger partial charge is 0.243 e. The van der Waals surface area contributed by atoms with E-state index in [2.05, 4.69) is 20.9 Å². The fourth-order valence-electron chi connectivity index (χ4n) is 3.29. The number of rotatable bonds is 17. The molecule has 0 aromatic heterocycles. The number of nitrogens with two attached hydrogens (primary N) is 5. The van der Waals surface area contributed by atoms with Crippen LogP contribution in [-0.4, -0.2) is 66.8 Å². The van der Waals surface area contributed by atoms with Gasteiger partial charge in [-0.1, -0.05) is 34.1 Å². The van der Waals surface area contributed by atoms with Crippen LogP contribution >= 0.6 is 0 Å². The molecule has 13 nitrogen and oxygen atoms in total. The lowest BCUT2D eigenvalue weighted by Crippen LogP contribution is -2.59. The number of unbranched alkanes of at least 4 members (excludes halogenated alkanes) is 1. The number of hydrogen-bond donors (Lipinski definition) is 8. The van der Waals surface area contributed by atoms with Crippen LogP contribution < -0.4 is 44.6 Å². The van der Waals surface area contributed by atoms with Gasteiger partial charge in [0.05, 0.1) is 6.04 Å². The van der Waals surface area contributed by atoms with E-state index < -0.39 is 47.8 Å². The number of amides is 4. The standard InChI is InChI=1S/C22H45N9O4/c1-12(2)16(18(25)32)30-21(35)17(13(3)4)31-20(34)15(9-7-11-28-22(26)27)29-19(33)14(24)8-5-6-10-23/h12-17H,5-11,23-24H2,1-4H3,(H2,25,32)(H,29,33)(H,30,35)(H,31,34)(H4,26,27,28)/t14-,15-,16-,17-/m1/s1. The highest BCUT2D eigenvalue weighted by Crippen LogP contribution is 2.08. The molecule has 0 fully saturated rings. The number of guanidine groups is 1. The predicted molar refractivity (Wildman–Crippen MR) is 135 cm³/mol. The van der Waals surface area contributed by atoms with Crippen LogP contribution in [0.1, 0.15) is 59.8 Å². The zero-order valence-corrected chi connectivity index (χ0v) is 21.4. The van der Waals surface area contributed by atoms with Gasteiger partial charge >= 0.3 is 0 Å². The lowest BCUT2D eigenvalue weighted by atomic mass is 9.99. The topological polar surface area (TPSA) is 247 Å². The minimum Gasteiger partial charge on any atom is -0.370 e. The van der Waals surface area contributed by atoms with Crippen LogP contribution in [0, 0.1) is 11.8 Å².